The number of urea groups is 1. The van der Waals surface area contributed by atoms with Crippen LogP contribution in [0.4, 0.5) is 20.6 Å². The Morgan fingerprint density at radius 2 is 1.82 bits per heavy atom. The fourth-order valence-electron chi connectivity index (χ4n) is 1.92. The molecule has 0 saturated heterocycles. The molecule has 0 heterocycles. The number of amides is 2. The van der Waals surface area contributed by atoms with E-state index in [0.717, 1.165) is 0 Å². The molecule has 0 radical (unpaired) electrons. The number of carbonyl (C=O) groups is 1. The summed E-state index contributed by atoms with van der Waals surface area (Å²) in [5.41, 5.74) is 0.413. The molecule has 2 aromatic rings. The van der Waals surface area contributed by atoms with Crippen molar-refractivity contribution < 1.29 is 14.1 Å². The van der Waals surface area contributed by atoms with Gasteiger partial charge in [-0.05, 0) is 24.1 Å². The Morgan fingerprint density at radius 3 is 2.55 bits per heavy atom. The maximum absolute atomic E-state index is 13.4. The fraction of sp³-hybridized carbons (Fsp3) is 0.133. The molecule has 0 aliphatic rings. The number of anilines is 1. The number of carbonyl (C=O) groups excluding carboxylic acids is 1. The van der Waals surface area contributed by atoms with Crippen molar-refractivity contribution in [3.05, 3.63) is 70.0 Å². The molecule has 0 aliphatic heterocycles. The monoisotopic (exact) mass is 303 g/mol. The van der Waals surface area contributed by atoms with E-state index < -0.39 is 11.0 Å². The highest BCUT2D eigenvalue weighted by Gasteiger charge is 2.14. The third kappa shape index (κ3) is 4.02. The van der Waals surface area contributed by atoms with Gasteiger partial charge < -0.3 is 10.6 Å². The van der Waals surface area contributed by atoms with Crippen LogP contribution >= 0.6 is 0 Å². The van der Waals surface area contributed by atoms with Crippen LogP contribution in [0.5, 0.6) is 0 Å². The Balaban J connectivity index is 1.89. The second-order valence-electron chi connectivity index (χ2n) is 4.50. The highest BCUT2D eigenvalue weighted by Crippen LogP contribution is 2.22. The van der Waals surface area contributed by atoms with E-state index in [4.69, 9.17) is 0 Å². The van der Waals surface area contributed by atoms with Crippen molar-refractivity contribution in [3.8, 4) is 0 Å². The van der Waals surface area contributed by atoms with Crippen LogP contribution in [0, 0.1) is 15.9 Å². The number of hydrogen-bond acceptors (Lipinski definition) is 3. The zero-order valence-corrected chi connectivity index (χ0v) is 11.6. The molecule has 114 valence electrons. The summed E-state index contributed by atoms with van der Waals surface area (Å²) in [7, 11) is 0. The molecule has 2 N–H and O–H groups in total. The predicted octanol–water partition coefficient (Wildman–Crippen LogP) is 3.10. The molecule has 2 rings (SSSR count). The lowest BCUT2D eigenvalue weighted by molar-refractivity contribution is -0.383. The van der Waals surface area contributed by atoms with E-state index in [-0.39, 0.29) is 23.7 Å². The van der Waals surface area contributed by atoms with Gasteiger partial charge in [-0.1, -0.05) is 30.3 Å². The zero-order valence-electron chi connectivity index (χ0n) is 11.6. The molecule has 0 saturated carbocycles. The Labute approximate surface area is 126 Å². The van der Waals surface area contributed by atoms with Crippen molar-refractivity contribution in [2.75, 3.05) is 11.9 Å². The standard InChI is InChI=1S/C15H14FN3O3/c16-12-6-2-1-5-11(12)9-10-17-15(20)18-13-7-3-4-8-14(13)19(21)22/h1-8H,9-10H2,(H2,17,18,20). The predicted molar refractivity (Wildman–Crippen MR) is 80.2 cm³/mol. The van der Waals surface area contributed by atoms with Gasteiger partial charge in [0.2, 0.25) is 0 Å². The smallest absolute Gasteiger partial charge is 0.319 e. The zero-order chi connectivity index (χ0) is 15.9. The summed E-state index contributed by atoms with van der Waals surface area (Å²) in [5.74, 6) is -0.330. The van der Waals surface area contributed by atoms with Gasteiger partial charge in [0, 0.05) is 12.6 Å². The van der Waals surface area contributed by atoms with Gasteiger partial charge in [0.05, 0.1) is 4.92 Å². The quantitative estimate of drug-likeness (QED) is 0.657. The van der Waals surface area contributed by atoms with E-state index in [1.165, 1.54) is 24.3 Å². The molecular formula is C15H14FN3O3. The normalized spacial score (nSPS) is 10.0. The van der Waals surface area contributed by atoms with Gasteiger partial charge in [0.1, 0.15) is 11.5 Å². The summed E-state index contributed by atoms with van der Waals surface area (Å²) in [4.78, 5) is 22.0. The summed E-state index contributed by atoms with van der Waals surface area (Å²) in [6.45, 7) is 0.216. The van der Waals surface area contributed by atoms with Crippen molar-refractivity contribution in [3.63, 3.8) is 0 Å². The lowest BCUT2D eigenvalue weighted by atomic mass is 10.1. The van der Waals surface area contributed by atoms with Crippen LogP contribution in [0.2, 0.25) is 0 Å². The number of nitrogens with zero attached hydrogens (tertiary/aromatic N) is 1. The number of nitro groups is 1. The number of hydrogen-bond donors (Lipinski definition) is 2. The van der Waals surface area contributed by atoms with Crippen LogP contribution in [-0.2, 0) is 6.42 Å². The first-order valence-electron chi connectivity index (χ1n) is 6.59. The molecule has 7 heteroatoms. The van der Waals surface area contributed by atoms with Gasteiger partial charge in [-0.3, -0.25) is 10.1 Å². The third-order valence-electron chi connectivity index (χ3n) is 2.99. The van der Waals surface area contributed by atoms with Gasteiger partial charge >= 0.3 is 6.03 Å². The molecule has 0 atom stereocenters. The molecule has 0 aliphatic carbocycles. The average molecular weight is 303 g/mol. The topological polar surface area (TPSA) is 84.3 Å². The van der Waals surface area contributed by atoms with Crippen LogP contribution < -0.4 is 10.6 Å². The van der Waals surface area contributed by atoms with Crippen molar-refractivity contribution in [1.82, 2.24) is 5.32 Å². The molecule has 0 spiro atoms. The molecule has 0 aromatic heterocycles. The van der Waals surface area contributed by atoms with E-state index in [2.05, 4.69) is 10.6 Å². The largest absolute Gasteiger partial charge is 0.338 e. The fourth-order valence-corrected chi connectivity index (χ4v) is 1.92. The van der Waals surface area contributed by atoms with Crippen molar-refractivity contribution in [2.24, 2.45) is 0 Å². The summed E-state index contributed by atoms with van der Waals surface area (Å²) in [5, 5.41) is 15.8. The highest BCUT2D eigenvalue weighted by atomic mass is 19.1. The number of nitro benzene ring substituents is 1. The Bertz CT molecular complexity index is 691. The maximum Gasteiger partial charge on any atom is 0.319 e. The Hall–Kier alpha value is -2.96. The molecule has 2 amide bonds. The number of para-hydroxylation sites is 2. The average Bonchev–Trinajstić information content (AvgIpc) is 2.49. The molecule has 22 heavy (non-hydrogen) atoms. The van der Waals surface area contributed by atoms with Crippen LogP contribution in [0.3, 0.4) is 0 Å². The lowest BCUT2D eigenvalue weighted by Gasteiger charge is -2.08. The number of rotatable bonds is 5. The SMILES string of the molecule is O=C(NCCc1ccccc1F)Nc1ccccc1[N+](=O)[O-]. The maximum atomic E-state index is 13.4. The first-order valence-corrected chi connectivity index (χ1v) is 6.59. The summed E-state index contributed by atoms with van der Waals surface area (Å²) < 4.78 is 13.4. The van der Waals surface area contributed by atoms with Gasteiger partial charge in [-0.25, -0.2) is 9.18 Å². The second-order valence-corrected chi connectivity index (χ2v) is 4.50. The van der Waals surface area contributed by atoms with Gasteiger partial charge in [-0.2, -0.15) is 0 Å². The lowest BCUT2D eigenvalue weighted by Crippen LogP contribution is -2.30. The van der Waals surface area contributed by atoms with Crippen molar-refractivity contribution in [2.45, 2.75) is 6.42 Å². The number of nitrogens with one attached hydrogen (secondary N) is 2. The van der Waals surface area contributed by atoms with E-state index in [9.17, 15) is 19.3 Å². The minimum atomic E-state index is -0.578. The molecule has 6 nitrogen and oxygen atoms in total. The van der Waals surface area contributed by atoms with Gasteiger partial charge in [0.25, 0.3) is 5.69 Å². The Kier molecular flexibility index (Phi) is 5.02. The summed E-state index contributed by atoms with van der Waals surface area (Å²) >= 11 is 0. The van der Waals surface area contributed by atoms with Crippen LogP contribution in [0.15, 0.2) is 48.5 Å². The second kappa shape index (κ2) is 7.16. The Morgan fingerprint density at radius 1 is 1.14 bits per heavy atom. The minimum absolute atomic E-state index is 0.107. The van der Waals surface area contributed by atoms with Crippen LogP contribution in [0.1, 0.15) is 5.56 Å². The van der Waals surface area contributed by atoms with Crippen molar-refractivity contribution >= 4 is 17.4 Å². The first kappa shape index (κ1) is 15.4. The molecule has 0 fully saturated rings. The molecule has 0 bridgehead atoms. The van der Waals surface area contributed by atoms with E-state index in [1.807, 2.05) is 0 Å². The van der Waals surface area contributed by atoms with Crippen molar-refractivity contribution in [1.29, 1.82) is 0 Å². The summed E-state index contributed by atoms with van der Waals surface area (Å²) in [6, 6.07) is 11.6. The van der Waals surface area contributed by atoms with Gasteiger partial charge in [-0.15, -0.1) is 0 Å². The third-order valence-corrected chi connectivity index (χ3v) is 2.99. The van der Waals surface area contributed by atoms with Crippen LogP contribution in [0.25, 0.3) is 0 Å². The van der Waals surface area contributed by atoms with Crippen LogP contribution in [-0.4, -0.2) is 17.5 Å². The first-order chi connectivity index (χ1) is 10.6. The number of benzene rings is 2. The van der Waals surface area contributed by atoms with Gasteiger partial charge in [0.15, 0.2) is 0 Å². The van der Waals surface area contributed by atoms with E-state index in [0.29, 0.717) is 12.0 Å². The highest BCUT2D eigenvalue weighted by molar-refractivity contribution is 5.91. The molecule has 2 aromatic carbocycles. The number of halogens is 1. The van der Waals surface area contributed by atoms with E-state index >= 15 is 0 Å². The molecular weight excluding hydrogens is 289 g/mol. The molecule has 0 unspecified atom stereocenters. The van der Waals surface area contributed by atoms with E-state index in [1.54, 1.807) is 24.3 Å². The summed E-state index contributed by atoms with van der Waals surface area (Å²) in [6.07, 6.45) is 0.330. The minimum Gasteiger partial charge on any atom is -0.338 e.